The van der Waals surface area contributed by atoms with Crippen molar-refractivity contribution in [3.8, 4) is 0 Å². The van der Waals surface area contributed by atoms with Gasteiger partial charge in [-0.2, -0.15) is 0 Å². The molecule has 4 atom stereocenters. The monoisotopic (exact) mass is 198 g/mol. The van der Waals surface area contributed by atoms with Gasteiger partial charge in [-0.25, -0.2) is 0 Å². The molecule has 0 aromatic heterocycles. The van der Waals surface area contributed by atoms with Crippen molar-refractivity contribution in [2.75, 3.05) is 27.6 Å². The van der Waals surface area contributed by atoms with E-state index in [1.54, 1.807) is 14.2 Å². The second-order valence-electron chi connectivity index (χ2n) is 3.93. The molecule has 0 amide bonds. The maximum absolute atomic E-state index is 5.80. The summed E-state index contributed by atoms with van der Waals surface area (Å²) in [4.78, 5) is 0. The van der Waals surface area contributed by atoms with Crippen molar-refractivity contribution < 1.29 is 18.9 Å². The molecule has 2 radical (unpaired) electrons. The van der Waals surface area contributed by atoms with E-state index in [0.29, 0.717) is 12.5 Å². The van der Waals surface area contributed by atoms with Crippen LogP contribution in [-0.4, -0.2) is 53.2 Å². The van der Waals surface area contributed by atoms with Crippen LogP contribution in [0, 0.1) is 5.92 Å². The van der Waals surface area contributed by atoms with Gasteiger partial charge in [0, 0.05) is 26.1 Å². The fraction of sp³-hybridized carbons (Fsp3) is 1.00. The molecule has 0 bridgehead atoms. The van der Waals surface area contributed by atoms with Gasteiger partial charge in [0.15, 0.2) is 0 Å². The standard InChI is InChI=1S/C9H15BO4/c1-11-4-9-3-6(9)7(8(10)14-9)13-5-12-2/h6-8H,3-5H2,1-2H3/t6?,7-,8-,9-/m0/s1. The molecule has 5 heteroatoms. The van der Waals surface area contributed by atoms with Gasteiger partial charge >= 0.3 is 0 Å². The number of hydrogen-bond donors (Lipinski definition) is 0. The first kappa shape index (κ1) is 10.4. The number of fused-ring (bicyclic) bond motifs is 1. The Morgan fingerprint density at radius 1 is 1.43 bits per heavy atom. The quantitative estimate of drug-likeness (QED) is 0.456. The highest BCUT2D eigenvalue weighted by Gasteiger charge is 2.66. The van der Waals surface area contributed by atoms with Crippen LogP contribution in [0.15, 0.2) is 0 Å². The van der Waals surface area contributed by atoms with E-state index in [0.717, 1.165) is 6.42 Å². The molecule has 14 heavy (non-hydrogen) atoms. The molecule has 1 heterocycles. The van der Waals surface area contributed by atoms with Crippen LogP contribution in [0.25, 0.3) is 0 Å². The molecule has 0 aromatic carbocycles. The van der Waals surface area contributed by atoms with E-state index in [-0.39, 0.29) is 24.5 Å². The summed E-state index contributed by atoms with van der Waals surface area (Å²) >= 11 is 0. The first-order valence-corrected chi connectivity index (χ1v) is 4.76. The molecule has 1 unspecified atom stereocenters. The zero-order chi connectivity index (χ0) is 10.2. The van der Waals surface area contributed by atoms with Crippen LogP contribution in [0.1, 0.15) is 6.42 Å². The lowest BCUT2D eigenvalue weighted by Crippen LogP contribution is -2.30. The Labute approximate surface area is 85.3 Å². The van der Waals surface area contributed by atoms with Gasteiger partial charge in [-0.3, -0.25) is 0 Å². The highest BCUT2D eigenvalue weighted by Crippen LogP contribution is 2.56. The summed E-state index contributed by atoms with van der Waals surface area (Å²) in [5.74, 6) is 0.368. The van der Waals surface area contributed by atoms with Crippen LogP contribution in [0.4, 0.5) is 0 Å². The van der Waals surface area contributed by atoms with Gasteiger partial charge < -0.3 is 18.9 Å². The Hall–Kier alpha value is -0.0951. The third kappa shape index (κ3) is 1.58. The van der Waals surface area contributed by atoms with Crippen molar-refractivity contribution in [2.24, 2.45) is 5.92 Å². The van der Waals surface area contributed by atoms with Crippen LogP contribution in [0.5, 0.6) is 0 Å². The van der Waals surface area contributed by atoms with Crippen LogP contribution in [0.2, 0.25) is 0 Å². The smallest absolute Gasteiger partial charge is 0.146 e. The molecule has 1 saturated heterocycles. The molecule has 0 spiro atoms. The first-order chi connectivity index (χ1) is 6.73. The van der Waals surface area contributed by atoms with E-state index in [1.807, 2.05) is 0 Å². The lowest BCUT2D eigenvalue weighted by Gasteiger charge is -2.19. The molecule has 2 fully saturated rings. The molecule has 4 nitrogen and oxygen atoms in total. The molecule has 78 valence electrons. The van der Waals surface area contributed by atoms with E-state index in [4.69, 9.17) is 26.8 Å². The van der Waals surface area contributed by atoms with E-state index >= 15 is 0 Å². The SMILES string of the molecule is [B][C@H]1O[C@]2(COC)CC2[C@@H]1OCOC. The minimum absolute atomic E-state index is 0.0508. The molecule has 2 aliphatic rings. The molecular formula is C9H15BO4. The Balaban J connectivity index is 1.89. The van der Waals surface area contributed by atoms with Crippen LogP contribution < -0.4 is 0 Å². The van der Waals surface area contributed by atoms with Crippen molar-refractivity contribution >= 4 is 7.85 Å². The number of ether oxygens (including phenoxy) is 4. The van der Waals surface area contributed by atoms with Crippen molar-refractivity contribution in [1.82, 2.24) is 0 Å². The van der Waals surface area contributed by atoms with E-state index in [2.05, 4.69) is 0 Å². The topological polar surface area (TPSA) is 36.9 Å². The average Bonchev–Trinajstić information content (AvgIpc) is 2.74. The third-order valence-electron chi connectivity index (χ3n) is 2.94. The molecular weight excluding hydrogens is 183 g/mol. The fourth-order valence-electron chi connectivity index (χ4n) is 2.23. The van der Waals surface area contributed by atoms with Gasteiger partial charge in [-0.1, -0.05) is 0 Å². The maximum Gasteiger partial charge on any atom is 0.146 e. The summed E-state index contributed by atoms with van der Waals surface area (Å²) in [6.07, 6.45) is 0.924. The second kappa shape index (κ2) is 3.81. The Morgan fingerprint density at radius 2 is 2.21 bits per heavy atom. The lowest BCUT2D eigenvalue weighted by molar-refractivity contribution is -0.0970. The van der Waals surface area contributed by atoms with Crippen molar-refractivity contribution in [1.29, 1.82) is 0 Å². The highest BCUT2D eigenvalue weighted by atomic mass is 16.7. The number of hydrogen-bond acceptors (Lipinski definition) is 4. The molecule has 1 saturated carbocycles. The van der Waals surface area contributed by atoms with Crippen LogP contribution in [-0.2, 0) is 18.9 Å². The normalized spacial score (nSPS) is 45.1. The summed E-state index contributed by atoms with van der Waals surface area (Å²) in [5.41, 5.74) is -0.174. The van der Waals surface area contributed by atoms with Gasteiger partial charge in [-0.15, -0.1) is 0 Å². The molecule has 0 aromatic rings. The van der Waals surface area contributed by atoms with E-state index in [9.17, 15) is 0 Å². The summed E-state index contributed by atoms with van der Waals surface area (Å²) in [6.45, 7) is 0.861. The Morgan fingerprint density at radius 3 is 2.86 bits per heavy atom. The lowest BCUT2D eigenvalue weighted by atomic mass is 9.93. The van der Waals surface area contributed by atoms with Gasteiger partial charge in [-0.05, 0) is 6.42 Å². The van der Waals surface area contributed by atoms with Gasteiger partial charge in [0.25, 0.3) is 0 Å². The average molecular weight is 198 g/mol. The summed E-state index contributed by atoms with van der Waals surface area (Å²) in [5, 5.41) is 0. The molecule has 0 N–H and O–H groups in total. The minimum atomic E-state index is -0.348. The minimum Gasteiger partial charge on any atom is -0.382 e. The second-order valence-corrected chi connectivity index (χ2v) is 3.93. The predicted molar refractivity (Wildman–Crippen MR) is 50.1 cm³/mol. The maximum atomic E-state index is 5.80. The largest absolute Gasteiger partial charge is 0.382 e. The number of methoxy groups -OCH3 is 2. The van der Waals surface area contributed by atoms with Gasteiger partial charge in [0.1, 0.15) is 14.6 Å². The number of rotatable bonds is 5. The third-order valence-corrected chi connectivity index (χ3v) is 2.94. The van der Waals surface area contributed by atoms with Gasteiger partial charge in [0.2, 0.25) is 0 Å². The van der Waals surface area contributed by atoms with Crippen LogP contribution in [0.3, 0.4) is 0 Å². The first-order valence-electron chi connectivity index (χ1n) is 4.76. The highest BCUT2D eigenvalue weighted by molar-refractivity contribution is 6.11. The van der Waals surface area contributed by atoms with Gasteiger partial charge in [0.05, 0.1) is 18.3 Å². The Kier molecular flexibility index (Phi) is 2.84. The molecule has 1 aliphatic carbocycles. The summed E-state index contributed by atoms with van der Waals surface area (Å²) in [7, 11) is 9.06. The van der Waals surface area contributed by atoms with E-state index < -0.39 is 0 Å². The Bertz CT molecular complexity index is 213. The van der Waals surface area contributed by atoms with Crippen molar-refractivity contribution in [3.05, 3.63) is 0 Å². The van der Waals surface area contributed by atoms with Crippen molar-refractivity contribution in [3.63, 3.8) is 0 Å². The van der Waals surface area contributed by atoms with E-state index in [1.165, 1.54) is 0 Å². The fourth-order valence-corrected chi connectivity index (χ4v) is 2.23. The predicted octanol–water partition coefficient (Wildman–Crippen LogP) is -0.0946. The van der Waals surface area contributed by atoms with Crippen LogP contribution >= 0.6 is 0 Å². The zero-order valence-corrected chi connectivity index (χ0v) is 8.56. The summed E-state index contributed by atoms with van der Waals surface area (Å²) < 4.78 is 21.1. The van der Waals surface area contributed by atoms with Crippen molar-refractivity contribution in [2.45, 2.75) is 24.1 Å². The molecule has 1 aliphatic heterocycles. The molecule has 2 rings (SSSR count). The summed E-state index contributed by atoms with van der Waals surface area (Å²) in [6, 6.07) is -0.348. The zero-order valence-electron chi connectivity index (χ0n) is 8.56.